The summed E-state index contributed by atoms with van der Waals surface area (Å²) in [6.07, 6.45) is 3.72. The van der Waals surface area contributed by atoms with Gasteiger partial charge in [-0.25, -0.2) is 4.98 Å². The monoisotopic (exact) mass is 335 g/mol. The van der Waals surface area contributed by atoms with Gasteiger partial charge in [0.1, 0.15) is 5.01 Å². The number of carbonyl (C=O) groups excluding carboxylic acids is 1. The van der Waals surface area contributed by atoms with Crippen molar-refractivity contribution in [3.8, 4) is 10.7 Å². The van der Waals surface area contributed by atoms with Crippen LogP contribution in [0.25, 0.3) is 10.7 Å². The largest absolute Gasteiger partial charge is 0.308 e. The molecule has 2 aromatic heterocycles. The molecule has 0 atom stereocenters. The molecule has 120 valence electrons. The maximum atomic E-state index is 12.7. The second kappa shape index (κ2) is 7.66. The molecule has 0 aliphatic carbocycles. The van der Waals surface area contributed by atoms with Crippen LogP contribution in [0.5, 0.6) is 0 Å². The van der Waals surface area contributed by atoms with E-state index < -0.39 is 0 Å². The molecule has 24 heavy (non-hydrogen) atoms. The highest BCUT2D eigenvalue weighted by Gasteiger charge is 2.16. The Bertz CT molecular complexity index is 815. The number of benzene rings is 1. The second-order valence-electron chi connectivity index (χ2n) is 5.16. The number of thiazole rings is 1. The summed E-state index contributed by atoms with van der Waals surface area (Å²) in [7, 11) is 0. The molecule has 0 unspecified atom stereocenters. The first kappa shape index (κ1) is 16.1. The van der Waals surface area contributed by atoms with Gasteiger partial charge < -0.3 is 4.90 Å². The standard InChI is InChI=1S/C19H17N3OS/c1-2-12-22(16-8-4-3-5-9-16)18(23)13-15-14-24-19(21-15)17-10-6-7-11-20-17/h2-11,14H,1,12-13H2. The topological polar surface area (TPSA) is 46.1 Å². The normalized spacial score (nSPS) is 10.3. The zero-order valence-corrected chi connectivity index (χ0v) is 13.9. The molecule has 0 saturated heterocycles. The summed E-state index contributed by atoms with van der Waals surface area (Å²) in [5.41, 5.74) is 2.45. The van der Waals surface area contributed by atoms with E-state index in [2.05, 4.69) is 16.5 Å². The number of carbonyl (C=O) groups is 1. The average Bonchev–Trinajstić information content (AvgIpc) is 3.09. The molecule has 0 aliphatic heterocycles. The molecule has 0 radical (unpaired) electrons. The highest BCUT2D eigenvalue weighted by Crippen LogP contribution is 2.22. The molecule has 1 amide bonds. The van der Waals surface area contributed by atoms with E-state index in [0.29, 0.717) is 6.54 Å². The van der Waals surface area contributed by atoms with E-state index >= 15 is 0 Å². The van der Waals surface area contributed by atoms with Crippen molar-refractivity contribution in [2.24, 2.45) is 0 Å². The smallest absolute Gasteiger partial charge is 0.233 e. The number of nitrogens with zero attached hydrogens (tertiary/aromatic N) is 3. The molecule has 0 N–H and O–H groups in total. The van der Waals surface area contributed by atoms with E-state index in [-0.39, 0.29) is 12.3 Å². The lowest BCUT2D eigenvalue weighted by Crippen LogP contribution is -2.32. The van der Waals surface area contributed by atoms with Crippen LogP contribution in [0, 0.1) is 0 Å². The van der Waals surface area contributed by atoms with Crippen molar-refractivity contribution >= 4 is 22.9 Å². The Kier molecular flexibility index (Phi) is 5.13. The number of rotatable bonds is 6. The molecule has 4 nitrogen and oxygen atoms in total. The molecule has 0 spiro atoms. The molecule has 2 heterocycles. The molecule has 0 saturated carbocycles. The Morgan fingerprint density at radius 1 is 1.17 bits per heavy atom. The fourth-order valence-electron chi connectivity index (χ4n) is 2.33. The van der Waals surface area contributed by atoms with E-state index in [1.165, 1.54) is 11.3 Å². The molecular formula is C19H17N3OS. The Morgan fingerprint density at radius 2 is 1.96 bits per heavy atom. The van der Waals surface area contributed by atoms with Gasteiger partial charge in [-0.1, -0.05) is 30.3 Å². The van der Waals surface area contributed by atoms with E-state index in [4.69, 9.17) is 0 Å². The lowest BCUT2D eigenvalue weighted by atomic mass is 10.2. The third-order valence-corrected chi connectivity index (χ3v) is 4.36. The van der Waals surface area contributed by atoms with Gasteiger partial charge in [-0.05, 0) is 24.3 Å². The zero-order chi connectivity index (χ0) is 16.8. The lowest BCUT2D eigenvalue weighted by molar-refractivity contribution is -0.117. The predicted octanol–water partition coefficient (Wildman–Crippen LogP) is 3.97. The van der Waals surface area contributed by atoms with Gasteiger partial charge in [-0.3, -0.25) is 9.78 Å². The van der Waals surface area contributed by atoms with Crippen molar-refractivity contribution in [2.45, 2.75) is 6.42 Å². The van der Waals surface area contributed by atoms with Gasteiger partial charge in [0, 0.05) is 23.8 Å². The molecule has 0 bridgehead atoms. The summed E-state index contributed by atoms with van der Waals surface area (Å²) in [5, 5.41) is 2.74. The summed E-state index contributed by atoms with van der Waals surface area (Å²) < 4.78 is 0. The van der Waals surface area contributed by atoms with Gasteiger partial charge in [-0.15, -0.1) is 17.9 Å². The molecule has 0 aliphatic rings. The zero-order valence-electron chi connectivity index (χ0n) is 13.1. The molecule has 5 heteroatoms. The lowest BCUT2D eigenvalue weighted by Gasteiger charge is -2.20. The summed E-state index contributed by atoms with van der Waals surface area (Å²) in [6.45, 7) is 4.22. The average molecular weight is 335 g/mol. The SMILES string of the molecule is C=CCN(C(=O)Cc1csc(-c2ccccn2)n1)c1ccccc1. The van der Waals surface area contributed by atoms with Crippen LogP contribution < -0.4 is 4.90 Å². The fourth-order valence-corrected chi connectivity index (χ4v) is 3.13. The minimum Gasteiger partial charge on any atom is -0.308 e. The summed E-state index contributed by atoms with van der Waals surface area (Å²) in [4.78, 5) is 23.2. The summed E-state index contributed by atoms with van der Waals surface area (Å²) in [6, 6.07) is 15.3. The van der Waals surface area contributed by atoms with Gasteiger partial charge in [0.15, 0.2) is 0 Å². The first-order valence-electron chi connectivity index (χ1n) is 7.60. The Hall–Kier alpha value is -2.79. The molecular weight excluding hydrogens is 318 g/mol. The third-order valence-electron chi connectivity index (χ3n) is 3.45. The van der Waals surface area contributed by atoms with Crippen LogP contribution in [0.3, 0.4) is 0 Å². The van der Waals surface area contributed by atoms with Crippen LogP contribution in [-0.2, 0) is 11.2 Å². The van der Waals surface area contributed by atoms with Crippen molar-refractivity contribution in [3.63, 3.8) is 0 Å². The number of amides is 1. The van der Waals surface area contributed by atoms with Gasteiger partial charge in [0.25, 0.3) is 0 Å². The molecule has 1 aromatic carbocycles. The van der Waals surface area contributed by atoms with Crippen LogP contribution in [-0.4, -0.2) is 22.4 Å². The summed E-state index contributed by atoms with van der Waals surface area (Å²) >= 11 is 1.50. The molecule has 0 fully saturated rings. The Labute approximate surface area is 145 Å². The van der Waals surface area contributed by atoms with Crippen molar-refractivity contribution in [1.82, 2.24) is 9.97 Å². The van der Waals surface area contributed by atoms with E-state index in [1.54, 1.807) is 17.2 Å². The number of aromatic nitrogens is 2. The second-order valence-corrected chi connectivity index (χ2v) is 6.02. The minimum atomic E-state index is -0.000953. The van der Waals surface area contributed by atoms with E-state index in [1.807, 2.05) is 53.9 Å². The molecule has 3 aromatic rings. The predicted molar refractivity (Wildman–Crippen MR) is 98.0 cm³/mol. The van der Waals surface area contributed by atoms with Crippen LogP contribution in [0.15, 0.2) is 72.8 Å². The number of hydrogen-bond donors (Lipinski definition) is 0. The van der Waals surface area contributed by atoms with E-state index in [0.717, 1.165) is 22.1 Å². The number of pyridine rings is 1. The van der Waals surface area contributed by atoms with Crippen molar-refractivity contribution in [2.75, 3.05) is 11.4 Å². The number of para-hydroxylation sites is 1. The molecule has 3 rings (SSSR count). The summed E-state index contributed by atoms with van der Waals surface area (Å²) in [5.74, 6) is -0.000953. The van der Waals surface area contributed by atoms with Crippen molar-refractivity contribution in [1.29, 1.82) is 0 Å². The Balaban J connectivity index is 1.76. The number of hydrogen-bond acceptors (Lipinski definition) is 4. The van der Waals surface area contributed by atoms with Gasteiger partial charge in [-0.2, -0.15) is 0 Å². The third kappa shape index (κ3) is 3.75. The van der Waals surface area contributed by atoms with Crippen molar-refractivity contribution < 1.29 is 4.79 Å². The quantitative estimate of drug-likeness (QED) is 0.640. The minimum absolute atomic E-state index is 0.000953. The van der Waals surface area contributed by atoms with Crippen LogP contribution in [0.2, 0.25) is 0 Å². The van der Waals surface area contributed by atoms with Gasteiger partial charge in [0.2, 0.25) is 5.91 Å². The first-order valence-corrected chi connectivity index (χ1v) is 8.48. The van der Waals surface area contributed by atoms with E-state index in [9.17, 15) is 4.79 Å². The van der Waals surface area contributed by atoms with Crippen LogP contribution in [0.1, 0.15) is 5.69 Å². The fraction of sp³-hybridized carbons (Fsp3) is 0.105. The van der Waals surface area contributed by atoms with Crippen LogP contribution >= 0.6 is 11.3 Å². The van der Waals surface area contributed by atoms with Crippen LogP contribution in [0.4, 0.5) is 5.69 Å². The van der Waals surface area contributed by atoms with Crippen molar-refractivity contribution in [3.05, 3.63) is 78.5 Å². The Morgan fingerprint density at radius 3 is 2.67 bits per heavy atom. The maximum absolute atomic E-state index is 12.7. The highest BCUT2D eigenvalue weighted by atomic mass is 32.1. The first-order chi connectivity index (χ1) is 11.8. The van der Waals surface area contributed by atoms with Gasteiger partial charge in [0.05, 0.1) is 17.8 Å². The highest BCUT2D eigenvalue weighted by molar-refractivity contribution is 7.13. The van der Waals surface area contributed by atoms with Gasteiger partial charge >= 0.3 is 0 Å². The maximum Gasteiger partial charge on any atom is 0.233 e. The number of anilines is 1.